The Morgan fingerprint density at radius 1 is 1.00 bits per heavy atom. The molecule has 0 atom stereocenters. The van der Waals surface area contributed by atoms with Gasteiger partial charge in [0.15, 0.2) is 0 Å². The summed E-state index contributed by atoms with van der Waals surface area (Å²) >= 11 is 6.56. The molecule has 0 saturated carbocycles. The van der Waals surface area contributed by atoms with Gasteiger partial charge in [-0.05, 0) is 35.9 Å². The van der Waals surface area contributed by atoms with Gasteiger partial charge in [0.05, 0.1) is 37.0 Å². The third kappa shape index (κ3) is 4.70. The van der Waals surface area contributed by atoms with Crippen LogP contribution < -0.4 is 15.4 Å². The molecule has 0 unspecified atom stereocenters. The van der Waals surface area contributed by atoms with Crippen molar-refractivity contribution < 1.29 is 23.9 Å². The van der Waals surface area contributed by atoms with Gasteiger partial charge in [-0.25, -0.2) is 0 Å². The number of aryl methyl sites for hydroxylation is 1. The quantitative estimate of drug-likeness (QED) is 0.318. The second-order valence-corrected chi connectivity index (χ2v) is 10.3. The number of carbonyl (C=O) groups excluding carboxylic acids is 3. The predicted octanol–water partition coefficient (Wildman–Crippen LogP) is 3.85. The van der Waals surface area contributed by atoms with Gasteiger partial charge in [0.1, 0.15) is 5.75 Å². The van der Waals surface area contributed by atoms with Crippen molar-refractivity contribution >= 4 is 51.1 Å². The van der Waals surface area contributed by atoms with E-state index < -0.39 is 11.8 Å². The summed E-state index contributed by atoms with van der Waals surface area (Å²) in [5, 5.41) is 7.39. The van der Waals surface area contributed by atoms with E-state index >= 15 is 0 Å². The van der Waals surface area contributed by atoms with Crippen LogP contribution in [0, 0.1) is 0 Å². The maximum atomic E-state index is 13.2. The second kappa shape index (κ2) is 10.9. The van der Waals surface area contributed by atoms with Crippen molar-refractivity contribution in [3.63, 3.8) is 0 Å². The van der Waals surface area contributed by atoms with Crippen LogP contribution in [0.2, 0.25) is 5.02 Å². The number of ether oxygens (including phenoxy) is 2. The minimum absolute atomic E-state index is 0.0582. The van der Waals surface area contributed by atoms with Crippen LogP contribution in [-0.2, 0) is 16.1 Å². The van der Waals surface area contributed by atoms with Gasteiger partial charge in [-0.3, -0.25) is 24.6 Å². The largest absolute Gasteiger partial charge is 0.497 e. The normalized spacial score (nSPS) is 15.4. The van der Waals surface area contributed by atoms with Gasteiger partial charge in [0, 0.05) is 66.0 Å². The molecule has 4 aromatic rings. The first kappa shape index (κ1) is 26.3. The minimum atomic E-state index is -0.458. The lowest BCUT2D eigenvalue weighted by molar-refractivity contribution is -0.121. The van der Waals surface area contributed by atoms with E-state index in [9.17, 15) is 14.4 Å². The van der Waals surface area contributed by atoms with Crippen LogP contribution in [-0.4, -0.2) is 73.7 Å². The van der Waals surface area contributed by atoms with Crippen LogP contribution in [0.4, 0.5) is 0 Å². The summed E-state index contributed by atoms with van der Waals surface area (Å²) < 4.78 is 12.9. The molecular weight excluding hydrogens is 532 g/mol. The number of methoxy groups -OCH3 is 1. The van der Waals surface area contributed by atoms with E-state index in [-0.39, 0.29) is 12.3 Å². The molecule has 3 heterocycles. The van der Waals surface area contributed by atoms with Crippen molar-refractivity contribution in [2.24, 2.45) is 0 Å². The van der Waals surface area contributed by atoms with Crippen LogP contribution in [0.3, 0.4) is 0 Å². The Balaban J connectivity index is 1.41. The Bertz CT molecular complexity index is 1660. The molecule has 6 rings (SSSR count). The van der Waals surface area contributed by atoms with Crippen molar-refractivity contribution in [1.29, 1.82) is 0 Å². The lowest BCUT2D eigenvalue weighted by Gasteiger charge is -2.26. The van der Waals surface area contributed by atoms with Gasteiger partial charge in [-0.1, -0.05) is 29.8 Å². The number of halogens is 1. The van der Waals surface area contributed by atoms with E-state index in [0.29, 0.717) is 51.5 Å². The fraction of sp³-hybridized carbons (Fsp3) is 0.300. The highest BCUT2D eigenvalue weighted by Gasteiger charge is 2.35. The highest BCUT2D eigenvalue weighted by molar-refractivity contribution is 6.36. The lowest BCUT2D eigenvalue weighted by atomic mass is 9.93. The first-order valence-electron chi connectivity index (χ1n) is 13.3. The van der Waals surface area contributed by atoms with Crippen LogP contribution in [0.5, 0.6) is 5.75 Å². The molecule has 1 fully saturated rings. The fourth-order valence-corrected chi connectivity index (χ4v) is 5.90. The minimum Gasteiger partial charge on any atom is -0.497 e. The summed E-state index contributed by atoms with van der Waals surface area (Å²) in [5.41, 5.74) is 3.41. The fourth-order valence-electron chi connectivity index (χ4n) is 5.67. The summed E-state index contributed by atoms with van der Waals surface area (Å²) in [5.74, 6) is -0.347. The molecule has 0 bridgehead atoms. The summed E-state index contributed by atoms with van der Waals surface area (Å²) in [6.07, 6.45) is 0.248. The molecule has 206 valence electrons. The Labute approximate surface area is 236 Å². The molecule has 40 heavy (non-hydrogen) atoms. The Kier molecular flexibility index (Phi) is 7.18. The van der Waals surface area contributed by atoms with Gasteiger partial charge in [0.2, 0.25) is 5.91 Å². The van der Waals surface area contributed by atoms with E-state index in [1.165, 1.54) is 0 Å². The van der Waals surface area contributed by atoms with Crippen molar-refractivity contribution in [1.82, 2.24) is 20.1 Å². The van der Waals surface area contributed by atoms with Crippen LogP contribution in [0.25, 0.3) is 32.9 Å². The van der Waals surface area contributed by atoms with E-state index in [1.807, 2.05) is 47.0 Å². The van der Waals surface area contributed by atoms with Crippen LogP contribution >= 0.6 is 11.6 Å². The number of fused-ring (bicyclic) bond motifs is 5. The predicted molar refractivity (Wildman–Crippen MR) is 153 cm³/mol. The lowest BCUT2D eigenvalue weighted by Crippen LogP contribution is -2.41. The third-order valence-corrected chi connectivity index (χ3v) is 7.95. The molecule has 3 amide bonds. The molecule has 3 aromatic carbocycles. The highest BCUT2D eigenvalue weighted by atomic mass is 35.5. The summed E-state index contributed by atoms with van der Waals surface area (Å²) in [4.78, 5) is 41.4. The van der Waals surface area contributed by atoms with Gasteiger partial charge >= 0.3 is 0 Å². The Morgan fingerprint density at radius 2 is 1.77 bits per heavy atom. The SMILES string of the molecule is COc1ccc2c(c1)c1c3c(c(-c4ccccc4Cl)cc1n2CCC(=O)NCCN1CCOCC1)C(=O)NC3=O. The van der Waals surface area contributed by atoms with Gasteiger partial charge < -0.3 is 19.4 Å². The number of rotatable bonds is 8. The third-order valence-electron chi connectivity index (χ3n) is 7.62. The first-order chi connectivity index (χ1) is 19.5. The van der Waals surface area contributed by atoms with Gasteiger partial charge in [-0.15, -0.1) is 0 Å². The highest BCUT2D eigenvalue weighted by Crippen LogP contribution is 2.42. The van der Waals surface area contributed by atoms with Crippen molar-refractivity contribution in [3.8, 4) is 16.9 Å². The van der Waals surface area contributed by atoms with Crippen LogP contribution in [0.1, 0.15) is 27.1 Å². The number of carbonyl (C=O) groups is 3. The van der Waals surface area contributed by atoms with Gasteiger partial charge in [-0.2, -0.15) is 0 Å². The monoisotopic (exact) mass is 560 g/mol. The molecule has 2 aliphatic rings. The number of imide groups is 1. The zero-order valence-electron chi connectivity index (χ0n) is 22.1. The number of amides is 3. The molecule has 10 heteroatoms. The molecule has 1 saturated heterocycles. The molecule has 1 aromatic heterocycles. The first-order valence-corrected chi connectivity index (χ1v) is 13.7. The van der Waals surface area contributed by atoms with Crippen molar-refractivity contribution in [3.05, 3.63) is 64.7 Å². The summed E-state index contributed by atoms with van der Waals surface area (Å²) in [7, 11) is 1.58. The molecule has 2 N–H and O–H groups in total. The summed E-state index contributed by atoms with van der Waals surface area (Å²) in [6, 6.07) is 14.8. The number of morpholine rings is 1. The van der Waals surface area contributed by atoms with Gasteiger partial charge in [0.25, 0.3) is 11.8 Å². The average Bonchev–Trinajstić information content (AvgIpc) is 3.44. The molecule has 0 spiro atoms. The second-order valence-electron chi connectivity index (χ2n) is 9.92. The maximum Gasteiger partial charge on any atom is 0.259 e. The standard InChI is InChI=1S/C30H29ClN4O5/c1-39-18-6-7-23-21(16-18)26-24(35(23)10-8-25(36)32-9-11-34-12-14-40-15-13-34)17-20(19-4-2-3-5-22(19)31)27-28(26)30(38)33-29(27)37/h2-7,16-17H,8-15H2,1H3,(H,32,36)(H,33,37,38). The number of nitrogens with zero attached hydrogens (tertiary/aromatic N) is 2. The molecule has 0 aliphatic carbocycles. The molecule has 0 radical (unpaired) electrons. The van der Waals surface area contributed by atoms with E-state index in [4.69, 9.17) is 21.1 Å². The molecular formula is C30H29ClN4O5. The van der Waals surface area contributed by atoms with Crippen molar-refractivity contribution in [2.75, 3.05) is 46.5 Å². The smallest absolute Gasteiger partial charge is 0.259 e. The summed E-state index contributed by atoms with van der Waals surface area (Å²) in [6.45, 7) is 4.90. The number of nitrogens with one attached hydrogen (secondary N) is 2. The Morgan fingerprint density at radius 3 is 2.55 bits per heavy atom. The number of hydrogen-bond donors (Lipinski definition) is 2. The maximum absolute atomic E-state index is 13.2. The number of benzene rings is 3. The van der Waals surface area contributed by atoms with E-state index in [1.54, 1.807) is 13.2 Å². The zero-order valence-corrected chi connectivity index (χ0v) is 22.8. The van der Waals surface area contributed by atoms with E-state index in [0.717, 1.165) is 49.3 Å². The average molecular weight is 561 g/mol. The van der Waals surface area contributed by atoms with E-state index in [2.05, 4.69) is 15.5 Å². The molecule has 9 nitrogen and oxygen atoms in total. The van der Waals surface area contributed by atoms with Crippen molar-refractivity contribution in [2.45, 2.75) is 13.0 Å². The molecule has 2 aliphatic heterocycles. The zero-order chi connectivity index (χ0) is 27.8. The number of aromatic nitrogens is 1. The Hall–Kier alpha value is -3.92. The topological polar surface area (TPSA) is 102 Å². The van der Waals surface area contributed by atoms with Crippen LogP contribution in [0.15, 0.2) is 48.5 Å². The number of hydrogen-bond acceptors (Lipinski definition) is 6.